The van der Waals surface area contributed by atoms with Crippen molar-refractivity contribution in [3.05, 3.63) is 29.8 Å². The minimum Gasteiger partial charge on any atom is -0.465 e. The number of unbranched alkanes of at least 4 members (excludes halogenated alkanes) is 1. The summed E-state index contributed by atoms with van der Waals surface area (Å²) in [5.74, 6) is 1.45. The first kappa shape index (κ1) is 18.8. The molecule has 148 valence electrons. The highest BCUT2D eigenvalue weighted by Crippen LogP contribution is 2.53. The minimum atomic E-state index is -0.768. The van der Waals surface area contributed by atoms with Gasteiger partial charge >= 0.3 is 6.09 Å². The van der Waals surface area contributed by atoms with Crippen molar-refractivity contribution in [2.24, 2.45) is 11.8 Å². The van der Waals surface area contributed by atoms with Crippen LogP contribution in [0.15, 0.2) is 24.3 Å². The number of benzene rings is 1. The Bertz CT molecular complexity index is 656. The summed E-state index contributed by atoms with van der Waals surface area (Å²) in [7, 11) is 0. The van der Waals surface area contributed by atoms with Crippen LogP contribution in [0.3, 0.4) is 0 Å². The van der Waals surface area contributed by atoms with Crippen LogP contribution in [0.2, 0.25) is 0 Å². The molecule has 0 bridgehead atoms. The zero-order valence-corrected chi connectivity index (χ0v) is 16.6. The van der Waals surface area contributed by atoms with E-state index in [0.29, 0.717) is 17.8 Å². The van der Waals surface area contributed by atoms with Crippen molar-refractivity contribution >= 4 is 11.8 Å². The zero-order valence-electron chi connectivity index (χ0n) is 16.6. The molecule has 4 atom stereocenters. The van der Waals surface area contributed by atoms with Gasteiger partial charge < -0.3 is 10.0 Å². The van der Waals surface area contributed by atoms with Gasteiger partial charge in [0.25, 0.3) is 0 Å². The lowest BCUT2D eigenvalue weighted by Gasteiger charge is -2.44. The molecule has 1 saturated heterocycles. The summed E-state index contributed by atoms with van der Waals surface area (Å²) in [5.41, 5.74) is 2.24. The molecule has 0 aromatic heterocycles. The molecule has 27 heavy (non-hydrogen) atoms. The molecule has 0 radical (unpaired) electrons. The average Bonchev–Trinajstić information content (AvgIpc) is 3.04. The lowest BCUT2D eigenvalue weighted by molar-refractivity contribution is 0.124. The van der Waals surface area contributed by atoms with Gasteiger partial charge in [-0.1, -0.05) is 44.4 Å². The number of piperidine rings is 1. The van der Waals surface area contributed by atoms with Crippen LogP contribution in [0.25, 0.3) is 0 Å². The average molecular weight is 371 g/mol. The summed E-state index contributed by atoms with van der Waals surface area (Å²) in [6, 6.07) is 8.44. The fraction of sp³-hybridized carbons (Fsp3) is 0.696. The molecule has 4 nitrogen and oxygen atoms in total. The summed E-state index contributed by atoms with van der Waals surface area (Å²) in [5, 5.41) is 10.1. The number of para-hydroxylation sites is 1. The molecule has 1 amide bonds. The van der Waals surface area contributed by atoms with Crippen LogP contribution in [-0.4, -0.2) is 41.8 Å². The largest absolute Gasteiger partial charge is 0.465 e. The van der Waals surface area contributed by atoms with Gasteiger partial charge in [0, 0.05) is 12.5 Å². The van der Waals surface area contributed by atoms with E-state index in [9.17, 15) is 9.90 Å². The second-order valence-corrected chi connectivity index (χ2v) is 8.83. The quantitative estimate of drug-likeness (QED) is 0.761. The van der Waals surface area contributed by atoms with E-state index in [4.69, 9.17) is 0 Å². The highest BCUT2D eigenvalue weighted by atomic mass is 16.4. The van der Waals surface area contributed by atoms with Crippen LogP contribution in [0.1, 0.15) is 69.8 Å². The molecule has 2 heterocycles. The van der Waals surface area contributed by atoms with Crippen LogP contribution >= 0.6 is 0 Å². The SMILES string of the molecule is CCCCC1CCC(CN2CCCCC2)C2c3ccccc3N(C(=O)O)C12. The van der Waals surface area contributed by atoms with Crippen molar-refractivity contribution in [2.45, 2.75) is 70.3 Å². The molecular weight excluding hydrogens is 336 g/mol. The van der Waals surface area contributed by atoms with Crippen molar-refractivity contribution in [1.29, 1.82) is 0 Å². The first-order valence-corrected chi connectivity index (χ1v) is 11.0. The van der Waals surface area contributed by atoms with E-state index in [0.717, 1.165) is 18.7 Å². The van der Waals surface area contributed by atoms with Crippen LogP contribution in [0.5, 0.6) is 0 Å². The molecule has 1 N–H and O–H groups in total. The summed E-state index contributed by atoms with van der Waals surface area (Å²) in [6.07, 6.45) is 9.20. The predicted molar refractivity (Wildman–Crippen MR) is 110 cm³/mol. The summed E-state index contributed by atoms with van der Waals surface area (Å²) in [6.45, 7) is 5.82. The zero-order chi connectivity index (χ0) is 18.8. The van der Waals surface area contributed by atoms with Crippen molar-refractivity contribution in [2.75, 3.05) is 24.5 Å². The number of likely N-dealkylation sites (tertiary alicyclic amines) is 1. The van der Waals surface area contributed by atoms with E-state index < -0.39 is 6.09 Å². The number of nitrogens with zero attached hydrogens (tertiary/aromatic N) is 2. The molecule has 0 spiro atoms. The van der Waals surface area contributed by atoms with Gasteiger partial charge in [-0.3, -0.25) is 4.90 Å². The Kier molecular flexibility index (Phi) is 5.72. The number of carboxylic acid groups (broad SMARTS) is 1. The first-order chi connectivity index (χ1) is 13.2. The Morgan fingerprint density at radius 2 is 1.85 bits per heavy atom. The summed E-state index contributed by atoms with van der Waals surface area (Å²) >= 11 is 0. The van der Waals surface area contributed by atoms with Gasteiger partial charge in [-0.15, -0.1) is 0 Å². The predicted octanol–water partition coefficient (Wildman–Crippen LogP) is 5.34. The molecule has 3 aliphatic rings. The number of hydrogen-bond donors (Lipinski definition) is 1. The normalized spacial score (nSPS) is 30.8. The highest BCUT2D eigenvalue weighted by molar-refractivity contribution is 5.90. The number of anilines is 1. The third-order valence-electron chi connectivity index (χ3n) is 7.20. The Hall–Kier alpha value is -1.55. The van der Waals surface area contributed by atoms with Crippen LogP contribution in [-0.2, 0) is 0 Å². The molecule has 1 aromatic rings. The minimum absolute atomic E-state index is 0.134. The fourth-order valence-corrected chi connectivity index (χ4v) is 6.00. The molecule has 1 aromatic carbocycles. The molecule has 1 saturated carbocycles. The van der Waals surface area contributed by atoms with E-state index in [-0.39, 0.29) is 6.04 Å². The highest BCUT2D eigenvalue weighted by Gasteiger charge is 2.50. The third-order valence-corrected chi connectivity index (χ3v) is 7.20. The van der Waals surface area contributed by atoms with Gasteiger partial charge in [-0.25, -0.2) is 4.79 Å². The van der Waals surface area contributed by atoms with Crippen LogP contribution < -0.4 is 4.90 Å². The Labute approximate surface area is 163 Å². The van der Waals surface area contributed by atoms with E-state index >= 15 is 0 Å². The first-order valence-electron chi connectivity index (χ1n) is 11.0. The van der Waals surface area contributed by atoms with E-state index in [1.54, 1.807) is 4.90 Å². The van der Waals surface area contributed by atoms with E-state index in [2.05, 4.69) is 24.0 Å². The van der Waals surface area contributed by atoms with Crippen molar-refractivity contribution < 1.29 is 9.90 Å². The molecule has 2 aliphatic heterocycles. The summed E-state index contributed by atoms with van der Waals surface area (Å²) < 4.78 is 0. The number of carbonyl (C=O) groups is 1. The van der Waals surface area contributed by atoms with E-state index in [1.165, 1.54) is 63.6 Å². The molecule has 4 rings (SSSR count). The monoisotopic (exact) mass is 370 g/mol. The van der Waals surface area contributed by atoms with E-state index in [1.807, 2.05) is 12.1 Å². The second kappa shape index (κ2) is 8.22. The Morgan fingerprint density at radius 3 is 2.59 bits per heavy atom. The lowest BCUT2D eigenvalue weighted by Crippen LogP contribution is -2.49. The molecule has 2 fully saturated rings. The number of amides is 1. The maximum atomic E-state index is 12.3. The standard InChI is InChI=1S/C23H34N2O2/c1-2-3-9-17-12-13-18(16-24-14-7-4-8-15-24)21-19-10-5-6-11-20(19)25(22(17)21)23(26)27/h5-6,10-11,17-18,21-22H,2-4,7-9,12-16H2,1H3,(H,26,27). The fourth-order valence-electron chi connectivity index (χ4n) is 6.00. The van der Waals surface area contributed by atoms with Gasteiger partial charge in [0.2, 0.25) is 0 Å². The van der Waals surface area contributed by atoms with Crippen LogP contribution in [0.4, 0.5) is 10.5 Å². The maximum Gasteiger partial charge on any atom is 0.412 e. The van der Waals surface area contributed by atoms with Gasteiger partial charge in [-0.05, 0) is 68.7 Å². The molecule has 4 unspecified atom stereocenters. The van der Waals surface area contributed by atoms with Gasteiger partial charge in [0.1, 0.15) is 0 Å². The number of fused-ring (bicyclic) bond motifs is 3. The molecule has 4 heteroatoms. The molecule has 1 aliphatic carbocycles. The van der Waals surface area contributed by atoms with Gasteiger partial charge in [-0.2, -0.15) is 0 Å². The van der Waals surface area contributed by atoms with Gasteiger partial charge in [0.15, 0.2) is 0 Å². The summed E-state index contributed by atoms with van der Waals surface area (Å²) in [4.78, 5) is 16.6. The van der Waals surface area contributed by atoms with Crippen molar-refractivity contribution in [3.63, 3.8) is 0 Å². The topological polar surface area (TPSA) is 43.8 Å². The second-order valence-electron chi connectivity index (χ2n) is 8.83. The van der Waals surface area contributed by atoms with Crippen LogP contribution in [0, 0.1) is 11.8 Å². The Morgan fingerprint density at radius 1 is 1.11 bits per heavy atom. The maximum absolute atomic E-state index is 12.3. The van der Waals surface area contributed by atoms with Gasteiger partial charge in [0.05, 0.1) is 11.7 Å². The van der Waals surface area contributed by atoms with Crippen molar-refractivity contribution in [3.8, 4) is 0 Å². The van der Waals surface area contributed by atoms with Crippen molar-refractivity contribution in [1.82, 2.24) is 4.90 Å². The third kappa shape index (κ3) is 3.61. The Balaban J connectivity index is 1.65. The number of hydrogen-bond acceptors (Lipinski definition) is 2. The molecular formula is C23H34N2O2. The smallest absolute Gasteiger partial charge is 0.412 e. The lowest BCUT2D eigenvalue weighted by atomic mass is 9.67. The number of rotatable bonds is 5.